The minimum atomic E-state index is -0.472. The van der Waals surface area contributed by atoms with Gasteiger partial charge >= 0.3 is 0 Å². The Bertz CT molecular complexity index is 1070. The molecular formula is C22H27N7O. The van der Waals surface area contributed by atoms with E-state index in [4.69, 9.17) is 5.73 Å². The van der Waals surface area contributed by atoms with Crippen molar-refractivity contribution < 1.29 is 4.79 Å². The number of nitrogens with one attached hydrogen (secondary N) is 2. The number of hydrogen-bond acceptors (Lipinski definition) is 6. The van der Waals surface area contributed by atoms with Crippen LogP contribution < -0.4 is 21.3 Å². The van der Waals surface area contributed by atoms with Gasteiger partial charge in [0.25, 0.3) is 5.91 Å². The van der Waals surface area contributed by atoms with Crippen LogP contribution in [-0.4, -0.2) is 52.7 Å². The molecule has 0 radical (unpaired) electrons. The lowest BCUT2D eigenvalue weighted by Crippen LogP contribution is -2.43. The van der Waals surface area contributed by atoms with Crippen molar-refractivity contribution in [2.24, 2.45) is 11.7 Å². The van der Waals surface area contributed by atoms with Gasteiger partial charge in [0.15, 0.2) is 0 Å². The fraction of sp³-hybridized carbons (Fsp3) is 0.409. The first-order valence-electron chi connectivity index (χ1n) is 10.6. The highest BCUT2D eigenvalue weighted by atomic mass is 16.1. The molecular weight excluding hydrogens is 378 g/mol. The van der Waals surface area contributed by atoms with Crippen LogP contribution >= 0.6 is 0 Å². The lowest BCUT2D eigenvalue weighted by atomic mass is 10.1. The molecule has 4 heterocycles. The van der Waals surface area contributed by atoms with Crippen LogP contribution in [0.2, 0.25) is 0 Å². The van der Waals surface area contributed by atoms with Gasteiger partial charge in [-0.15, -0.1) is 0 Å². The van der Waals surface area contributed by atoms with E-state index in [2.05, 4.69) is 44.7 Å². The molecule has 2 aliphatic rings. The van der Waals surface area contributed by atoms with Gasteiger partial charge in [0.2, 0.25) is 0 Å². The number of rotatable bonds is 6. The molecule has 5 rings (SSSR count). The first kappa shape index (κ1) is 18.9. The van der Waals surface area contributed by atoms with Crippen molar-refractivity contribution >= 4 is 22.9 Å². The second-order valence-electron chi connectivity index (χ2n) is 8.27. The molecule has 3 aromatic rings. The van der Waals surface area contributed by atoms with Crippen LogP contribution in [0.3, 0.4) is 0 Å². The third-order valence-corrected chi connectivity index (χ3v) is 6.13. The highest BCUT2D eigenvalue weighted by Crippen LogP contribution is 2.36. The number of amides is 1. The van der Waals surface area contributed by atoms with Crippen molar-refractivity contribution in [1.82, 2.24) is 19.9 Å². The summed E-state index contributed by atoms with van der Waals surface area (Å²) < 4.78 is 1.80. The number of pyridine rings is 1. The van der Waals surface area contributed by atoms with Crippen molar-refractivity contribution in [1.29, 1.82) is 0 Å². The Balaban J connectivity index is 1.48. The van der Waals surface area contributed by atoms with Crippen molar-refractivity contribution in [3.05, 3.63) is 42.4 Å². The van der Waals surface area contributed by atoms with E-state index in [1.807, 2.05) is 18.5 Å². The number of fused-ring (bicyclic) bond motifs is 1. The second-order valence-corrected chi connectivity index (χ2v) is 8.27. The zero-order valence-corrected chi connectivity index (χ0v) is 17.1. The molecule has 1 amide bonds. The van der Waals surface area contributed by atoms with Gasteiger partial charge in [-0.1, -0.05) is 0 Å². The Morgan fingerprint density at radius 3 is 2.70 bits per heavy atom. The molecule has 8 nitrogen and oxygen atoms in total. The average Bonchev–Trinajstić information content (AvgIpc) is 3.53. The monoisotopic (exact) mass is 405 g/mol. The fourth-order valence-corrected chi connectivity index (χ4v) is 4.13. The summed E-state index contributed by atoms with van der Waals surface area (Å²) in [6.07, 6.45) is 7.86. The summed E-state index contributed by atoms with van der Waals surface area (Å²) in [6.45, 7) is 6.06. The standard InChI is InChI=1S/C22H27N7O/c1-14(15-2-3-15)27-21-18(22(23)30)12-26-29-13-17(10-19(21)29)16-4-5-20(25-11-16)28-8-6-24-7-9-28/h4-5,10-15,24,27H,2-3,6-9H2,1H3,(H2,23,30). The van der Waals surface area contributed by atoms with E-state index in [9.17, 15) is 4.79 Å². The smallest absolute Gasteiger partial charge is 0.252 e. The second kappa shape index (κ2) is 7.60. The van der Waals surface area contributed by atoms with Gasteiger partial charge in [0.05, 0.1) is 23.0 Å². The van der Waals surface area contributed by atoms with E-state index in [0.29, 0.717) is 11.5 Å². The summed E-state index contributed by atoms with van der Waals surface area (Å²) in [4.78, 5) is 19.0. The number of nitrogens with two attached hydrogens (primary N) is 1. The molecule has 2 fully saturated rings. The molecule has 4 N–H and O–H groups in total. The van der Waals surface area contributed by atoms with Crippen LogP contribution in [0.5, 0.6) is 0 Å². The van der Waals surface area contributed by atoms with Crippen LogP contribution in [0, 0.1) is 5.92 Å². The summed E-state index contributed by atoms with van der Waals surface area (Å²) in [5, 5.41) is 11.3. The van der Waals surface area contributed by atoms with Crippen LogP contribution in [0.4, 0.5) is 11.5 Å². The zero-order valence-electron chi connectivity index (χ0n) is 17.1. The largest absolute Gasteiger partial charge is 0.380 e. The lowest BCUT2D eigenvalue weighted by Gasteiger charge is -2.28. The Hall–Kier alpha value is -3.13. The number of hydrogen-bond donors (Lipinski definition) is 3. The zero-order chi connectivity index (χ0) is 20.7. The fourth-order valence-electron chi connectivity index (χ4n) is 4.13. The topological polar surface area (TPSA) is 101 Å². The molecule has 1 aliphatic heterocycles. The van der Waals surface area contributed by atoms with E-state index in [1.54, 1.807) is 10.7 Å². The molecule has 1 unspecified atom stereocenters. The van der Waals surface area contributed by atoms with E-state index in [-0.39, 0.29) is 6.04 Å². The third-order valence-electron chi connectivity index (χ3n) is 6.13. The first-order valence-corrected chi connectivity index (χ1v) is 10.6. The quantitative estimate of drug-likeness (QED) is 0.581. The maximum absolute atomic E-state index is 12.0. The maximum Gasteiger partial charge on any atom is 0.252 e. The van der Waals surface area contributed by atoms with E-state index in [0.717, 1.165) is 54.3 Å². The number of piperazine rings is 1. The molecule has 0 bridgehead atoms. The summed E-state index contributed by atoms with van der Waals surface area (Å²) in [7, 11) is 0. The van der Waals surface area contributed by atoms with Gasteiger partial charge in [0.1, 0.15) is 5.82 Å². The van der Waals surface area contributed by atoms with Crippen molar-refractivity contribution in [3.63, 3.8) is 0 Å². The Kier molecular flexibility index (Phi) is 4.78. The lowest BCUT2D eigenvalue weighted by molar-refractivity contribution is 0.100. The van der Waals surface area contributed by atoms with Gasteiger partial charge in [-0.05, 0) is 43.9 Å². The summed E-state index contributed by atoms with van der Waals surface area (Å²) in [5.74, 6) is 1.18. The minimum Gasteiger partial charge on any atom is -0.380 e. The molecule has 1 atom stereocenters. The maximum atomic E-state index is 12.0. The van der Waals surface area contributed by atoms with Gasteiger partial charge in [-0.2, -0.15) is 5.10 Å². The molecule has 3 aromatic heterocycles. The summed E-state index contributed by atoms with van der Waals surface area (Å²) in [6, 6.07) is 6.49. The molecule has 1 aliphatic carbocycles. The van der Waals surface area contributed by atoms with E-state index >= 15 is 0 Å². The number of anilines is 2. The van der Waals surface area contributed by atoms with Crippen LogP contribution in [0.25, 0.3) is 16.6 Å². The highest BCUT2D eigenvalue weighted by molar-refractivity contribution is 6.02. The Morgan fingerprint density at radius 1 is 1.23 bits per heavy atom. The van der Waals surface area contributed by atoms with Crippen LogP contribution in [0.1, 0.15) is 30.1 Å². The number of carbonyl (C=O) groups is 1. The molecule has 1 saturated carbocycles. The first-order chi connectivity index (χ1) is 14.6. The predicted octanol–water partition coefficient (Wildman–Crippen LogP) is 2.12. The van der Waals surface area contributed by atoms with Crippen molar-refractivity contribution in [3.8, 4) is 11.1 Å². The molecule has 8 heteroatoms. The summed E-state index contributed by atoms with van der Waals surface area (Å²) >= 11 is 0. The van der Waals surface area contributed by atoms with Gasteiger partial charge in [-0.3, -0.25) is 4.79 Å². The number of primary amides is 1. The molecule has 0 spiro atoms. The molecule has 0 aromatic carbocycles. The Morgan fingerprint density at radius 2 is 2.03 bits per heavy atom. The van der Waals surface area contributed by atoms with E-state index in [1.165, 1.54) is 12.8 Å². The van der Waals surface area contributed by atoms with Crippen molar-refractivity contribution in [2.75, 3.05) is 36.4 Å². The van der Waals surface area contributed by atoms with Gasteiger partial charge in [0, 0.05) is 55.7 Å². The third kappa shape index (κ3) is 3.59. The molecule has 156 valence electrons. The number of carbonyl (C=O) groups excluding carboxylic acids is 1. The van der Waals surface area contributed by atoms with Gasteiger partial charge < -0.3 is 21.3 Å². The van der Waals surface area contributed by atoms with E-state index < -0.39 is 5.91 Å². The molecule has 1 saturated heterocycles. The number of aromatic nitrogens is 3. The average molecular weight is 406 g/mol. The SMILES string of the molecule is CC(Nc1c(C(N)=O)cnn2cc(-c3ccc(N4CCNCC4)nc3)cc12)C1CC1. The molecule has 30 heavy (non-hydrogen) atoms. The minimum absolute atomic E-state index is 0.285. The van der Waals surface area contributed by atoms with Crippen LogP contribution in [-0.2, 0) is 0 Å². The number of nitrogens with zero attached hydrogens (tertiary/aromatic N) is 4. The van der Waals surface area contributed by atoms with Crippen LogP contribution in [0.15, 0.2) is 36.8 Å². The van der Waals surface area contributed by atoms with Gasteiger partial charge in [-0.25, -0.2) is 9.50 Å². The normalized spacial score (nSPS) is 17.8. The Labute approximate surface area is 175 Å². The van der Waals surface area contributed by atoms with Crippen molar-refractivity contribution in [2.45, 2.75) is 25.8 Å². The highest BCUT2D eigenvalue weighted by Gasteiger charge is 2.29. The summed E-state index contributed by atoms with van der Waals surface area (Å²) in [5.41, 5.74) is 9.68. The predicted molar refractivity (Wildman–Crippen MR) is 118 cm³/mol.